The van der Waals surface area contributed by atoms with Gasteiger partial charge in [0.1, 0.15) is 5.56 Å². The monoisotopic (exact) mass is 388 g/mol. The van der Waals surface area contributed by atoms with E-state index in [0.29, 0.717) is 15.2 Å². The van der Waals surface area contributed by atoms with Crippen molar-refractivity contribution in [1.29, 1.82) is 0 Å². The number of benzene rings is 2. The van der Waals surface area contributed by atoms with Crippen LogP contribution in [-0.2, 0) is 0 Å². The van der Waals surface area contributed by atoms with E-state index in [4.69, 9.17) is 23.2 Å². The van der Waals surface area contributed by atoms with Crippen molar-refractivity contribution in [1.82, 2.24) is 0 Å². The zero-order valence-electron chi connectivity index (χ0n) is 10.3. The van der Waals surface area contributed by atoms with Crippen LogP contribution in [0.2, 0.25) is 10.0 Å². The van der Waals surface area contributed by atoms with Crippen LogP contribution in [-0.4, -0.2) is 10.8 Å². The second-order valence-corrected chi connectivity index (χ2v) is 5.64. The maximum absolute atomic E-state index is 12.2. The molecule has 0 aliphatic rings. The highest BCUT2D eigenvalue weighted by Gasteiger charge is 2.23. The number of amides is 1. The summed E-state index contributed by atoms with van der Waals surface area (Å²) < 4.78 is 0.672. The number of nitro groups is 1. The van der Waals surface area contributed by atoms with E-state index in [0.717, 1.165) is 0 Å². The number of hydrogen-bond acceptors (Lipinski definition) is 3. The lowest BCUT2D eigenvalue weighted by Crippen LogP contribution is -2.14. The topological polar surface area (TPSA) is 72.2 Å². The summed E-state index contributed by atoms with van der Waals surface area (Å²) in [5, 5.41) is 13.9. The number of halogens is 3. The molecule has 0 radical (unpaired) electrons. The summed E-state index contributed by atoms with van der Waals surface area (Å²) in [6, 6.07) is 8.82. The second kappa shape index (κ2) is 6.43. The molecule has 0 aromatic heterocycles. The molecule has 0 saturated heterocycles. The van der Waals surface area contributed by atoms with Crippen molar-refractivity contribution < 1.29 is 9.72 Å². The Balaban J connectivity index is 2.36. The minimum absolute atomic E-state index is 0.00455. The first kappa shape index (κ1) is 15.8. The highest BCUT2D eigenvalue weighted by atomic mass is 79.9. The molecule has 0 aliphatic heterocycles. The van der Waals surface area contributed by atoms with Gasteiger partial charge in [-0.15, -0.1) is 0 Å². The van der Waals surface area contributed by atoms with E-state index in [1.54, 1.807) is 12.1 Å². The number of hydrogen-bond donors (Lipinski definition) is 1. The molecule has 108 valence electrons. The van der Waals surface area contributed by atoms with Crippen molar-refractivity contribution >= 4 is 56.4 Å². The molecule has 1 N–H and O–H groups in total. The average molecular weight is 390 g/mol. The Morgan fingerprint density at radius 1 is 1.19 bits per heavy atom. The Morgan fingerprint density at radius 2 is 1.90 bits per heavy atom. The van der Waals surface area contributed by atoms with Gasteiger partial charge in [-0.05, 0) is 40.2 Å². The van der Waals surface area contributed by atoms with Gasteiger partial charge in [-0.3, -0.25) is 14.9 Å². The molecule has 0 saturated carbocycles. The summed E-state index contributed by atoms with van der Waals surface area (Å²) >= 11 is 15.0. The quantitative estimate of drug-likeness (QED) is 0.598. The number of rotatable bonds is 3. The predicted molar refractivity (Wildman–Crippen MR) is 85.2 cm³/mol. The summed E-state index contributed by atoms with van der Waals surface area (Å²) in [6.07, 6.45) is 0. The molecule has 0 atom stereocenters. The highest BCUT2D eigenvalue weighted by molar-refractivity contribution is 9.10. The zero-order chi connectivity index (χ0) is 15.6. The van der Waals surface area contributed by atoms with Gasteiger partial charge < -0.3 is 5.32 Å². The van der Waals surface area contributed by atoms with Gasteiger partial charge in [0.05, 0.1) is 15.0 Å². The normalized spacial score (nSPS) is 10.2. The first-order chi connectivity index (χ1) is 9.90. The van der Waals surface area contributed by atoms with E-state index in [9.17, 15) is 14.9 Å². The van der Waals surface area contributed by atoms with Gasteiger partial charge in [0.15, 0.2) is 0 Å². The molecule has 0 fully saturated rings. The maximum Gasteiger partial charge on any atom is 0.283 e. The molecular formula is C13H7BrCl2N2O3. The maximum atomic E-state index is 12.2. The van der Waals surface area contributed by atoms with Crippen LogP contribution in [0.25, 0.3) is 0 Å². The fourth-order valence-electron chi connectivity index (χ4n) is 1.66. The first-order valence-electron chi connectivity index (χ1n) is 5.59. The molecule has 0 heterocycles. The van der Waals surface area contributed by atoms with Crippen LogP contribution < -0.4 is 5.32 Å². The first-order valence-corrected chi connectivity index (χ1v) is 7.14. The molecule has 1 amide bonds. The summed E-state index contributed by atoms with van der Waals surface area (Å²) in [7, 11) is 0. The predicted octanol–water partition coefficient (Wildman–Crippen LogP) is 4.92. The Labute approximate surface area is 138 Å². The third kappa shape index (κ3) is 3.53. The number of carbonyl (C=O) groups is 1. The van der Waals surface area contributed by atoms with Crippen LogP contribution in [0, 0.1) is 10.1 Å². The average Bonchev–Trinajstić information content (AvgIpc) is 2.42. The van der Waals surface area contributed by atoms with Crippen LogP contribution in [0.15, 0.2) is 40.9 Å². The Morgan fingerprint density at radius 3 is 2.52 bits per heavy atom. The summed E-state index contributed by atoms with van der Waals surface area (Å²) in [5.74, 6) is -0.675. The number of anilines is 1. The van der Waals surface area contributed by atoms with Crippen LogP contribution in [0.3, 0.4) is 0 Å². The van der Waals surface area contributed by atoms with Gasteiger partial charge in [-0.2, -0.15) is 0 Å². The molecule has 5 nitrogen and oxygen atoms in total. The van der Waals surface area contributed by atoms with Gasteiger partial charge in [0, 0.05) is 16.2 Å². The zero-order valence-corrected chi connectivity index (χ0v) is 13.4. The van der Waals surface area contributed by atoms with E-state index >= 15 is 0 Å². The van der Waals surface area contributed by atoms with Crippen LogP contribution >= 0.6 is 39.1 Å². The van der Waals surface area contributed by atoms with Gasteiger partial charge in [0.25, 0.3) is 11.6 Å². The summed E-state index contributed by atoms with van der Waals surface area (Å²) in [4.78, 5) is 22.5. The lowest BCUT2D eigenvalue weighted by Gasteiger charge is -2.08. The minimum atomic E-state index is -0.675. The van der Waals surface area contributed by atoms with Gasteiger partial charge in [-0.25, -0.2) is 0 Å². The Bertz CT molecular complexity index is 737. The number of nitrogens with one attached hydrogen (secondary N) is 1. The molecule has 2 aromatic carbocycles. The molecule has 2 rings (SSSR count). The van der Waals surface area contributed by atoms with Crippen molar-refractivity contribution in [3.05, 3.63) is 66.6 Å². The smallest absolute Gasteiger partial charge is 0.283 e. The van der Waals surface area contributed by atoms with Crippen LogP contribution in [0.5, 0.6) is 0 Å². The third-order valence-electron chi connectivity index (χ3n) is 2.59. The number of carbonyl (C=O) groups excluding carboxylic acids is 1. The van der Waals surface area contributed by atoms with Crippen molar-refractivity contribution in [3.8, 4) is 0 Å². The third-order valence-corrected chi connectivity index (χ3v) is 4.14. The summed E-state index contributed by atoms with van der Waals surface area (Å²) in [6.45, 7) is 0. The van der Waals surface area contributed by atoms with Crippen LogP contribution in [0.4, 0.5) is 11.4 Å². The fourth-order valence-corrected chi connectivity index (χ4v) is 2.34. The van der Waals surface area contributed by atoms with Crippen molar-refractivity contribution in [2.45, 2.75) is 0 Å². The minimum Gasteiger partial charge on any atom is -0.322 e. The molecule has 0 bridgehead atoms. The van der Waals surface area contributed by atoms with E-state index in [1.165, 1.54) is 24.3 Å². The molecular weight excluding hydrogens is 383 g/mol. The molecule has 21 heavy (non-hydrogen) atoms. The molecule has 0 unspecified atom stereocenters. The highest BCUT2D eigenvalue weighted by Crippen LogP contribution is 2.29. The Kier molecular flexibility index (Phi) is 4.82. The molecule has 0 spiro atoms. The SMILES string of the molecule is O=C(Nc1ccc(Br)c(Cl)c1)c1c(Cl)cccc1[N+](=O)[O-]. The van der Waals surface area contributed by atoms with E-state index in [1.807, 2.05) is 0 Å². The number of nitrogens with zero attached hydrogens (tertiary/aromatic N) is 1. The standard InChI is InChI=1S/C13H7BrCl2N2O3/c14-8-5-4-7(6-10(8)16)17-13(19)12-9(15)2-1-3-11(12)18(20)21/h1-6H,(H,17,19). The van der Waals surface area contributed by atoms with Gasteiger partial charge in [-0.1, -0.05) is 29.3 Å². The van der Waals surface area contributed by atoms with Crippen molar-refractivity contribution in [2.75, 3.05) is 5.32 Å². The Hall–Kier alpha value is -1.63. The largest absolute Gasteiger partial charge is 0.322 e. The fraction of sp³-hybridized carbons (Fsp3) is 0. The van der Waals surface area contributed by atoms with E-state index in [2.05, 4.69) is 21.2 Å². The molecule has 8 heteroatoms. The van der Waals surface area contributed by atoms with E-state index < -0.39 is 10.8 Å². The summed E-state index contributed by atoms with van der Waals surface area (Å²) in [5.41, 5.74) is -0.145. The second-order valence-electron chi connectivity index (χ2n) is 3.97. The number of nitro benzene ring substituents is 1. The molecule has 2 aromatic rings. The van der Waals surface area contributed by atoms with Crippen molar-refractivity contribution in [3.63, 3.8) is 0 Å². The molecule has 0 aliphatic carbocycles. The van der Waals surface area contributed by atoms with Crippen molar-refractivity contribution in [2.24, 2.45) is 0 Å². The van der Waals surface area contributed by atoms with Gasteiger partial charge in [0.2, 0.25) is 0 Å². The van der Waals surface area contributed by atoms with Crippen LogP contribution in [0.1, 0.15) is 10.4 Å². The van der Waals surface area contributed by atoms with Gasteiger partial charge >= 0.3 is 0 Å². The lowest BCUT2D eigenvalue weighted by molar-refractivity contribution is -0.385. The van der Waals surface area contributed by atoms with E-state index in [-0.39, 0.29) is 16.3 Å². The lowest BCUT2D eigenvalue weighted by atomic mass is 10.1.